The number of benzene rings is 2. The summed E-state index contributed by atoms with van der Waals surface area (Å²) in [6.07, 6.45) is 4.16. The lowest BCUT2D eigenvalue weighted by atomic mass is 10.1. The highest BCUT2D eigenvalue weighted by Crippen LogP contribution is 2.19. The number of aryl methyl sites for hydroxylation is 3. The van der Waals surface area contributed by atoms with Crippen molar-refractivity contribution >= 4 is 16.9 Å². The molecule has 1 aromatic heterocycles. The molecule has 1 amide bonds. The number of carbonyl (C=O) groups is 1. The summed E-state index contributed by atoms with van der Waals surface area (Å²) in [6, 6.07) is 14.5. The van der Waals surface area contributed by atoms with Crippen molar-refractivity contribution < 1.29 is 14.3 Å². The summed E-state index contributed by atoms with van der Waals surface area (Å²) in [5.41, 5.74) is 4.59. The highest BCUT2D eigenvalue weighted by molar-refractivity contribution is 5.81. The zero-order chi connectivity index (χ0) is 22.3. The molecular formula is C26H33N3O3. The largest absolute Gasteiger partial charge is 0.494 e. The first-order valence-electron chi connectivity index (χ1n) is 11.6. The van der Waals surface area contributed by atoms with Gasteiger partial charge >= 0.3 is 0 Å². The van der Waals surface area contributed by atoms with Crippen LogP contribution in [-0.4, -0.2) is 41.3 Å². The molecule has 1 atom stereocenters. The zero-order valence-electron chi connectivity index (χ0n) is 19.1. The van der Waals surface area contributed by atoms with E-state index in [0.29, 0.717) is 26.2 Å². The Balaban J connectivity index is 1.31. The second-order valence-corrected chi connectivity index (χ2v) is 8.59. The van der Waals surface area contributed by atoms with E-state index in [-0.39, 0.29) is 12.0 Å². The van der Waals surface area contributed by atoms with Gasteiger partial charge in [-0.25, -0.2) is 4.98 Å². The second-order valence-electron chi connectivity index (χ2n) is 8.59. The van der Waals surface area contributed by atoms with Crippen molar-refractivity contribution in [2.45, 2.75) is 58.6 Å². The minimum Gasteiger partial charge on any atom is -0.494 e. The van der Waals surface area contributed by atoms with Gasteiger partial charge in [-0.15, -0.1) is 0 Å². The summed E-state index contributed by atoms with van der Waals surface area (Å²) in [6.45, 7) is 7.01. The Morgan fingerprint density at radius 1 is 1.19 bits per heavy atom. The van der Waals surface area contributed by atoms with Gasteiger partial charge in [0.25, 0.3) is 0 Å². The highest BCUT2D eigenvalue weighted by Gasteiger charge is 2.23. The number of rotatable bonds is 10. The molecule has 170 valence electrons. The smallest absolute Gasteiger partial charge is 0.249 e. The van der Waals surface area contributed by atoms with Crippen molar-refractivity contribution in [3.8, 4) is 5.75 Å². The molecule has 1 fully saturated rings. The lowest BCUT2D eigenvalue weighted by Crippen LogP contribution is -2.35. The molecular weight excluding hydrogens is 402 g/mol. The number of ether oxygens (including phenoxy) is 2. The van der Waals surface area contributed by atoms with Crippen LogP contribution in [-0.2, 0) is 22.5 Å². The van der Waals surface area contributed by atoms with Crippen molar-refractivity contribution in [3.63, 3.8) is 0 Å². The fourth-order valence-corrected chi connectivity index (χ4v) is 4.34. The molecule has 0 bridgehead atoms. The Kier molecular flexibility index (Phi) is 7.43. The van der Waals surface area contributed by atoms with Crippen LogP contribution >= 0.6 is 0 Å². The van der Waals surface area contributed by atoms with Gasteiger partial charge in [-0.2, -0.15) is 0 Å². The van der Waals surface area contributed by atoms with Crippen LogP contribution < -0.4 is 10.1 Å². The van der Waals surface area contributed by atoms with E-state index in [4.69, 9.17) is 14.5 Å². The Morgan fingerprint density at radius 3 is 2.78 bits per heavy atom. The van der Waals surface area contributed by atoms with E-state index in [1.807, 2.05) is 18.2 Å². The summed E-state index contributed by atoms with van der Waals surface area (Å²) in [5.74, 6) is 1.95. The maximum Gasteiger partial charge on any atom is 0.249 e. The third-order valence-corrected chi connectivity index (χ3v) is 5.84. The second kappa shape index (κ2) is 10.6. The number of amides is 1. The maximum atomic E-state index is 12.2. The lowest BCUT2D eigenvalue weighted by Gasteiger charge is -2.12. The first-order chi connectivity index (χ1) is 15.6. The number of unbranched alkanes of at least 4 members (excludes halogenated alkanes) is 1. The average molecular weight is 436 g/mol. The molecule has 3 aromatic rings. The van der Waals surface area contributed by atoms with Gasteiger partial charge in [0, 0.05) is 26.1 Å². The summed E-state index contributed by atoms with van der Waals surface area (Å²) in [7, 11) is 0. The molecule has 1 unspecified atom stereocenters. The molecule has 0 aliphatic carbocycles. The molecule has 4 rings (SSSR count). The van der Waals surface area contributed by atoms with Crippen molar-refractivity contribution in [3.05, 3.63) is 59.4 Å². The first kappa shape index (κ1) is 22.3. The number of hydrogen-bond acceptors (Lipinski definition) is 4. The van der Waals surface area contributed by atoms with Gasteiger partial charge in [-0.05, 0) is 74.9 Å². The van der Waals surface area contributed by atoms with Gasteiger partial charge in [0.1, 0.15) is 17.7 Å². The van der Waals surface area contributed by atoms with Crippen LogP contribution in [0.1, 0.15) is 42.6 Å². The van der Waals surface area contributed by atoms with Crippen LogP contribution in [0.4, 0.5) is 0 Å². The molecule has 0 saturated carbocycles. The average Bonchev–Trinajstić information content (AvgIpc) is 3.41. The Labute approximate surface area is 189 Å². The molecule has 6 nitrogen and oxygen atoms in total. The van der Waals surface area contributed by atoms with Crippen LogP contribution in [0.5, 0.6) is 5.75 Å². The summed E-state index contributed by atoms with van der Waals surface area (Å²) < 4.78 is 13.7. The number of carbonyl (C=O) groups excluding carboxylic acids is 1. The van der Waals surface area contributed by atoms with Crippen molar-refractivity contribution in [2.24, 2.45) is 0 Å². The van der Waals surface area contributed by atoms with E-state index in [9.17, 15) is 4.79 Å². The third kappa shape index (κ3) is 5.68. The topological polar surface area (TPSA) is 65.4 Å². The minimum atomic E-state index is -0.286. The molecule has 2 heterocycles. The summed E-state index contributed by atoms with van der Waals surface area (Å²) in [5, 5.41) is 3.01. The van der Waals surface area contributed by atoms with Gasteiger partial charge in [-0.3, -0.25) is 4.79 Å². The summed E-state index contributed by atoms with van der Waals surface area (Å²) >= 11 is 0. The van der Waals surface area contributed by atoms with Gasteiger partial charge < -0.3 is 19.4 Å². The van der Waals surface area contributed by atoms with Crippen LogP contribution in [0.2, 0.25) is 0 Å². The van der Waals surface area contributed by atoms with E-state index in [2.05, 4.69) is 48.0 Å². The van der Waals surface area contributed by atoms with E-state index in [0.717, 1.165) is 54.8 Å². The zero-order valence-corrected chi connectivity index (χ0v) is 19.1. The molecule has 1 saturated heterocycles. The summed E-state index contributed by atoms with van der Waals surface area (Å²) in [4.78, 5) is 17.0. The Hall–Kier alpha value is -2.86. The number of fused-ring (bicyclic) bond motifs is 1. The molecule has 1 N–H and O–H groups in total. The van der Waals surface area contributed by atoms with E-state index in [1.165, 1.54) is 11.1 Å². The monoisotopic (exact) mass is 435 g/mol. The fraction of sp³-hybridized carbons (Fsp3) is 0.462. The lowest BCUT2D eigenvalue weighted by molar-refractivity contribution is -0.130. The molecule has 6 heteroatoms. The molecule has 1 aliphatic rings. The molecule has 1 aliphatic heterocycles. The van der Waals surface area contributed by atoms with Crippen LogP contribution in [0, 0.1) is 13.8 Å². The van der Waals surface area contributed by atoms with Crippen LogP contribution in [0.25, 0.3) is 11.0 Å². The quantitative estimate of drug-likeness (QED) is 0.481. The van der Waals surface area contributed by atoms with E-state index < -0.39 is 0 Å². The van der Waals surface area contributed by atoms with Gasteiger partial charge in [0.2, 0.25) is 5.91 Å². The predicted octanol–water partition coefficient (Wildman–Crippen LogP) is 4.35. The molecule has 32 heavy (non-hydrogen) atoms. The highest BCUT2D eigenvalue weighted by atomic mass is 16.5. The predicted molar refractivity (Wildman–Crippen MR) is 126 cm³/mol. The van der Waals surface area contributed by atoms with Crippen LogP contribution in [0.3, 0.4) is 0 Å². The number of hydrogen-bond donors (Lipinski definition) is 1. The SMILES string of the molecule is Cc1cc(C)cc(OCCCCn2c(CCNC(=O)C3CCCO3)nc3ccccc32)c1. The molecule has 0 radical (unpaired) electrons. The van der Waals surface area contributed by atoms with Crippen LogP contribution in [0.15, 0.2) is 42.5 Å². The van der Waals surface area contributed by atoms with E-state index in [1.54, 1.807) is 0 Å². The number of nitrogens with one attached hydrogen (secondary N) is 1. The van der Waals surface area contributed by atoms with Gasteiger partial charge in [0.05, 0.1) is 17.6 Å². The number of aromatic nitrogens is 2. The third-order valence-electron chi connectivity index (χ3n) is 5.84. The molecule has 2 aromatic carbocycles. The van der Waals surface area contributed by atoms with Gasteiger partial charge in [0.15, 0.2) is 0 Å². The number of para-hydroxylation sites is 2. The fourth-order valence-electron chi connectivity index (χ4n) is 4.34. The van der Waals surface area contributed by atoms with Crippen molar-refractivity contribution in [2.75, 3.05) is 19.8 Å². The maximum absolute atomic E-state index is 12.2. The normalized spacial score (nSPS) is 15.9. The number of nitrogens with zero attached hydrogens (tertiary/aromatic N) is 2. The van der Waals surface area contributed by atoms with Gasteiger partial charge in [-0.1, -0.05) is 18.2 Å². The minimum absolute atomic E-state index is 0.00584. The van der Waals surface area contributed by atoms with Crippen molar-refractivity contribution in [1.29, 1.82) is 0 Å². The Bertz CT molecular complexity index is 1030. The van der Waals surface area contributed by atoms with E-state index >= 15 is 0 Å². The molecule has 0 spiro atoms. The number of imidazole rings is 1. The Morgan fingerprint density at radius 2 is 2.00 bits per heavy atom. The van der Waals surface area contributed by atoms with Crippen molar-refractivity contribution in [1.82, 2.24) is 14.9 Å². The standard InChI is InChI=1S/C26H33N3O3/c1-19-16-20(2)18-21(17-19)31-14-6-5-13-29-23-9-4-3-8-22(23)28-25(29)11-12-27-26(30)24-10-7-15-32-24/h3-4,8-9,16-18,24H,5-7,10-15H2,1-2H3,(H,27,30). The first-order valence-corrected chi connectivity index (χ1v) is 11.6.